The summed E-state index contributed by atoms with van der Waals surface area (Å²) in [6, 6.07) is 12.1. The molecule has 2 N–H and O–H groups in total. The third kappa shape index (κ3) is 4.70. The minimum Gasteiger partial charge on any atom is -0.497 e. The quantitative estimate of drug-likeness (QED) is 0.441. The lowest BCUT2D eigenvalue weighted by Crippen LogP contribution is -2.19. The smallest absolute Gasteiger partial charge is 0.289 e. The van der Waals surface area contributed by atoms with Crippen LogP contribution in [0, 0.1) is 0 Å². The van der Waals surface area contributed by atoms with Crippen molar-refractivity contribution >= 4 is 34.8 Å². The van der Waals surface area contributed by atoms with Crippen LogP contribution in [0.25, 0.3) is 11.3 Å². The van der Waals surface area contributed by atoms with E-state index in [2.05, 4.69) is 20.7 Å². The van der Waals surface area contributed by atoms with Crippen molar-refractivity contribution in [3.63, 3.8) is 0 Å². The zero-order valence-corrected chi connectivity index (χ0v) is 17.4. The molecule has 150 valence electrons. The third-order valence-corrected chi connectivity index (χ3v) is 4.91. The Bertz CT molecular complexity index is 1080. The number of methoxy groups -OCH3 is 2. The van der Waals surface area contributed by atoms with Crippen LogP contribution in [0.2, 0.25) is 10.0 Å². The van der Waals surface area contributed by atoms with Gasteiger partial charge in [-0.1, -0.05) is 29.3 Å². The Morgan fingerprint density at radius 2 is 1.86 bits per heavy atom. The van der Waals surface area contributed by atoms with Crippen LogP contribution in [0.15, 0.2) is 47.6 Å². The van der Waals surface area contributed by atoms with Crippen molar-refractivity contribution in [2.24, 2.45) is 5.10 Å². The molecule has 0 radical (unpaired) electrons. The second-order valence-electron chi connectivity index (χ2n) is 6.00. The molecule has 0 unspecified atom stereocenters. The molecule has 29 heavy (non-hydrogen) atoms. The molecule has 0 saturated carbocycles. The largest absolute Gasteiger partial charge is 0.497 e. The van der Waals surface area contributed by atoms with Crippen LogP contribution in [0.5, 0.6) is 11.5 Å². The maximum Gasteiger partial charge on any atom is 0.289 e. The molecule has 0 aliphatic rings. The van der Waals surface area contributed by atoms with Gasteiger partial charge in [-0.05, 0) is 48.9 Å². The number of rotatable bonds is 6. The van der Waals surface area contributed by atoms with Gasteiger partial charge in [0.15, 0.2) is 0 Å². The summed E-state index contributed by atoms with van der Waals surface area (Å²) >= 11 is 11.9. The van der Waals surface area contributed by atoms with Crippen molar-refractivity contribution in [3.05, 3.63) is 63.8 Å². The fraction of sp³-hybridized carbons (Fsp3) is 0.150. The SMILES string of the molecule is COc1ccc(OC)c(-c2cc(C(=O)NN=C(C)c3ccc(Cl)c(Cl)c3)[nH]n2)c1. The van der Waals surface area contributed by atoms with Gasteiger partial charge in [0, 0.05) is 5.56 Å². The first kappa shape index (κ1) is 20.7. The van der Waals surface area contributed by atoms with E-state index >= 15 is 0 Å². The summed E-state index contributed by atoms with van der Waals surface area (Å²) in [5.74, 6) is 0.819. The molecule has 3 aromatic rings. The summed E-state index contributed by atoms with van der Waals surface area (Å²) in [5, 5.41) is 11.9. The molecule has 1 amide bonds. The highest BCUT2D eigenvalue weighted by atomic mass is 35.5. The van der Waals surface area contributed by atoms with E-state index in [1.165, 1.54) is 0 Å². The Kier molecular flexibility index (Phi) is 6.41. The maximum absolute atomic E-state index is 12.4. The number of hydrazone groups is 1. The van der Waals surface area contributed by atoms with E-state index < -0.39 is 5.91 Å². The maximum atomic E-state index is 12.4. The molecule has 7 nitrogen and oxygen atoms in total. The number of hydrogen-bond donors (Lipinski definition) is 2. The Morgan fingerprint density at radius 1 is 1.07 bits per heavy atom. The highest BCUT2D eigenvalue weighted by Crippen LogP contribution is 2.32. The van der Waals surface area contributed by atoms with Crippen LogP contribution < -0.4 is 14.9 Å². The predicted molar refractivity (Wildman–Crippen MR) is 113 cm³/mol. The number of aromatic nitrogens is 2. The second kappa shape index (κ2) is 8.98. The number of nitrogens with one attached hydrogen (secondary N) is 2. The summed E-state index contributed by atoms with van der Waals surface area (Å²) in [4.78, 5) is 12.4. The summed E-state index contributed by atoms with van der Waals surface area (Å²) < 4.78 is 10.6. The van der Waals surface area contributed by atoms with Crippen molar-refractivity contribution in [2.45, 2.75) is 6.92 Å². The first-order valence-corrected chi connectivity index (χ1v) is 9.26. The number of amides is 1. The second-order valence-corrected chi connectivity index (χ2v) is 6.81. The molecule has 2 aromatic carbocycles. The average Bonchev–Trinajstić information content (AvgIpc) is 3.23. The molecular formula is C20H18Cl2N4O3. The molecule has 1 heterocycles. The first-order chi connectivity index (χ1) is 13.9. The van der Waals surface area contributed by atoms with Gasteiger partial charge in [0.25, 0.3) is 5.91 Å². The highest BCUT2D eigenvalue weighted by molar-refractivity contribution is 6.42. The summed E-state index contributed by atoms with van der Waals surface area (Å²) in [5.41, 5.74) is 5.29. The standard InChI is InChI=1S/C20H18Cl2N4O3/c1-11(12-4-6-15(21)16(22)8-12)23-26-20(27)18-10-17(24-25-18)14-9-13(28-2)5-7-19(14)29-3/h4-10H,1-3H3,(H,24,25)(H,26,27). The predicted octanol–water partition coefficient (Wildman–Crippen LogP) is 4.55. The van der Waals surface area contributed by atoms with Crippen molar-refractivity contribution in [1.82, 2.24) is 15.6 Å². The molecule has 0 bridgehead atoms. The number of halogens is 2. The van der Waals surface area contributed by atoms with Gasteiger partial charge in [-0.3, -0.25) is 9.89 Å². The lowest BCUT2D eigenvalue weighted by Gasteiger charge is -2.08. The van der Waals surface area contributed by atoms with Crippen LogP contribution in [-0.4, -0.2) is 36.0 Å². The van der Waals surface area contributed by atoms with Crippen LogP contribution in [0.1, 0.15) is 23.0 Å². The van der Waals surface area contributed by atoms with Gasteiger partial charge < -0.3 is 9.47 Å². The van der Waals surface area contributed by atoms with Crippen LogP contribution in [-0.2, 0) is 0 Å². The summed E-state index contributed by atoms with van der Waals surface area (Å²) in [7, 11) is 3.13. The molecule has 1 aromatic heterocycles. The summed E-state index contributed by atoms with van der Waals surface area (Å²) in [6.07, 6.45) is 0. The van der Waals surface area contributed by atoms with E-state index in [-0.39, 0.29) is 5.69 Å². The lowest BCUT2D eigenvalue weighted by atomic mass is 10.1. The van der Waals surface area contributed by atoms with E-state index in [0.29, 0.717) is 38.5 Å². The number of benzene rings is 2. The minimum absolute atomic E-state index is 0.246. The molecule has 3 rings (SSSR count). The highest BCUT2D eigenvalue weighted by Gasteiger charge is 2.15. The van der Waals surface area contributed by atoms with E-state index in [1.54, 1.807) is 63.6 Å². The van der Waals surface area contributed by atoms with Gasteiger partial charge in [-0.25, -0.2) is 5.43 Å². The number of hydrogen-bond acceptors (Lipinski definition) is 5. The van der Waals surface area contributed by atoms with Gasteiger partial charge >= 0.3 is 0 Å². The summed E-state index contributed by atoms with van der Waals surface area (Å²) in [6.45, 7) is 1.75. The Morgan fingerprint density at radius 3 is 2.55 bits per heavy atom. The van der Waals surface area contributed by atoms with E-state index in [1.807, 2.05) is 0 Å². The van der Waals surface area contributed by atoms with Crippen molar-refractivity contribution in [2.75, 3.05) is 14.2 Å². The van der Waals surface area contributed by atoms with Crippen molar-refractivity contribution in [1.29, 1.82) is 0 Å². The monoisotopic (exact) mass is 432 g/mol. The van der Waals surface area contributed by atoms with Gasteiger partial charge in [0.1, 0.15) is 17.2 Å². The number of H-pyrrole nitrogens is 1. The minimum atomic E-state index is -0.440. The van der Waals surface area contributed by atoms with Crippen LogP contribution >= 0.6 is 23.2 Å². The number of nitrogens with zero attached hydrogens (tertiary/aromatic N) is 2. The fourth-order valence-corrected chi connectivity index (χ4v) is 2.87. The molecule has 0 atom stereocenters. The first-order valence-electron chi connectivity index (χ1n) is 8.50. The third-order valence-electron chi connectivity index (χ3n) is 4.17. The number of carbonyl (C=O) groups is 1. The number of ether oxygens (including phenoxy) is 2. The molecule has 9 heteroatoms. The zero-order valence-electron chi connectivity index (χ0n) is 15.9. The van der Waals surface area contributed by atoms with Gasteiger partial charge in [-0.2, -0.15) is 10.2 Å². The van der Waals surface area contributed by atoms with E-state index in [0.717, 1.165) is 5.56 Å². The van der Waals surface area contributed by atoms with Crippen molar-refractivity contribution < 1.29 is 14.3 Å². The Hall–Kier alpha value is -3.03. The number of carbonyl (C=O) groups excluding carboxylic acids is 1. The van der Waals surface area contributed by atoms with E-state index in [4.69, 9.17) is 32.7 Å². The molecule has 0 saturated heterocycles. The zero-order chi connectivity index (χ0) is 21.0. The molecule has 0 fully saturated rings. The van der Waals surface area contributed by atoms with E-state index in [9.17, 15) is 4.79 Å². The topological polar surface area (TPSA) is 88.6 Å². The van der Waals surface area contributed by atoms with Gasteiger partial charge in [0.2, 0.25) is 0 Å². The average molecular weight is 433 g/mol. The molecule has 0 aliphatic carbocycles. The normalized spacial score (nSPS) is 11.3. The van der Waals surface area contributed by atoms with Gasteiger partial charge in [0.05, 0.1) is 35.7 Å². The Balaban J connectivity index is 1.78. The molecule has 0 aliphatic heterocycles. The molecule has 0 spiro atoms. The number of aromatic amines is 1. The Labute approximate surface area is 177 Å². The lowest BCUT2D eigenvalue weighted by molar-refractivity contribution is 0.0950. The van der Waals surface area contributed by atoms with Crippen molar-refractivity contribution in [3.8, 4) is 22.8 Å². The van der Waals surface area contributed by atoms with Gasteiger partial charge in [-0.15, -0.1) is 0 Å². The van der Waals surface area contributed by atoms with Crippen LogP contribution in [0.3, 0.4) is 0 Å². The van der Waals surface area contributed by atoms with Crippen LogP contribution in [0.4, 0.5) is 0 Å². The molecular weight excluding hydrogens is 415 g/mol. The fourth-order valence-electron chi connectivity index (χ4n) is 2.57.